The molecule has 8 nitrogen and oxygen atoms in total. The van der Waals surface area contributed by atoms with E-state index in [1.165, 1.54) is 0 Å². The number of carbonyl (C=O) groups is 1. The van der Waals surface area contributed by atoms with Crippen molar-refractivity contribution in [3.63, 3.8) is 0 Å². The van der Waals surface area contributed by atoms with Crippen LogP contribution in [0.25, 0.3) is 11.3 Å². The van der Waals surface area contributed by atoms with Crippen LogP contribution in [0.2, 0.25) is 0 Å². The second-order valence-electron chi connectivity index (χ2n) is 6.39. The van der Waals surface area contributed by atoms with E-state index in [4.69, 9.17) is 5.26 Å². The zero-order valence-corrected chi connectivity index (χ0v) is 16.0. The summed E-state index contributed by atoms with van der Waals surface area (Å²) in [5.41, 5.74) is 3.87. The van der Waals surface area contributed by atoms with E-state index in [2.05, 4.69) is 31.8 Å². The summed E-state index contributed by atoms with van der Waals surface area (Å²) >= 11 is 0. The molecule has 0 bridgehead atoms. The summed E-state index contributed by atoms with van der Waals surface area (Å²) in [6.45, 7) is 3.79. The fourth-order valence-electron chi connectivity index (χ4n) is 2.66. The highest BCUT2D eigenvalue weighted by molar-refractivity contribution is 5.95. The van der Waals surface area contributed by atoms with E-state index in [-0.39, 0.29) is 5.91 Å². The molecule has 2 aromatic heterocycles. The van der Waals surface area contributed by atoms with Gasteiger partial charge in [0.15, 0.2) is 0 Å². The SMILES string of the molecule is CC[C@@H](C#N)NC(=O)c1ccc(-c2nc(Nc3cnn(C)c3)ncc2C)cc1. The zero-order chi connectivity index (χ0) is 20.1. The lowest BCUT2D eigenvalue weighted by Crippen LogP contribution is -2.33. The van der Waals surface area contributed by atoms with E-state index in [9.17, 15) is 4.79 Å². The Bertz CT molecular complexity index is 1020. The fraction of sp³-hybridized carbons (Fsp3) is 0.250. The van der Waals surface area contributed by atoms with Crippen LogP contribution in [-0.2, 0) is 7.05 Å². The first kappa shape index (κ1) is 19.0. The number of anilines is 2. The maximum Gasteiger partial charge on any atom is 0.252 e. The average molecular weight is 375 g/mol. The van der Waals surface area contributed by atoms with Gasteiger partial charge in [-0.3, -0.25) is 9.48 Å². The molecule has 2 heterocycles. The molecule has 0 fully saturated rings. The van der Waals surface area contributed by atoms with Gasteiger partial charge in [0.05, 0.1) is 23.6 Å². The van der Waals surface area contributed by atoms with Crippen molar-refractivity contribution in [1.82, 2.24) is 25.1 Å². The highest BCUT2D eigenvalue weighted by Crippen LogP contribution is 2.23. The molecule has 8 heteroatoms. The molecule has 3 rings (SSSR count). The molecule has 1 amide bonds. The molecule has 0 saturated carbocycles. The molecule has 3 aromatic rings. The Morgan fingerprint density at radius 3 is 2.64 bits per heavy atom. The van der Waals surface area contributed by atoms with Crippen LogP contribution >= 0.6 is 0 Å². The first-order chi connectivity index (χ1) is 13.5. The molecule has 0 saturated heterocycles. The van der Waals surface area contributed by atoms with Gasteiger partial charge in [-0.05, 0) is 31.0 Å². The van der Waals surface area contributed by atoms with Gasteiger partial charge >= 0.3 is 0 Å². The molecular formula is C20H21N7O. The third kappa shape index (κ3) is 4.32. The first-order valence-corrected chi connectivity index (χ1v) is 8.90. The number of hydrogen-bond acceptors (Lipinski definition) is 6. The monoisotopic (exact) mass is 375 g/mol. The van der Waals surface area contributed by atoms with Gasteiger partial charge in [0, 0.05) is 30.6 Å². The Kier molecular flexibility index (Phi) is 5.65. The quantitative estimate of drug-likeness (QED) is 0.686. The lowest BCUT2D eigenvalue weighted by molar-refractivity contribution is 0.0944. The van der Waals surface area contributed by atoms with E-state index < -0.39 is 6.04 Å². The topological polar surface area (TPSA) is 109 Å². The Hall–Kier alpha value is -3.73. The van der Waals surface area contributed by atoms with Crippen molar-refractivity contribution in [2.45, 2.75) is 26.3 Å². The van der Waals surface area contributed by atoms with Gasteiger partial charge in [-0.1, -0.05) is 19.1 Å². The predicted molar refractivity (Wildman–Crippen MR) is 106 cm³/mol. The molecule has 2 N–H and O–H groups in total. The van der Waals surface area contributed by atoms with Crippen molar-refractivity contribution in [1.29, 1.82) is 5.26 Å². The molecule has 0 spiro atoms. The molecule has 0 aliphatic heterocycles. The Morgan fingerprint density at radius 1 is 1.29 bits per heavy atom. The summed E-state index contributed by atoms with van der Waals surface area (Å²) in [6.07, 6.45) is 5.84. The van der Waals surface area contributed by atoms with E-state index in [1.807, 2.05) is 39.2 Å². The summed E-state index contributed by atoms with van der Waals surface area (Å²) < 4.78 is 1.69. The number of hydrogen-bond donors (Lipinski definition) is 2. The van der Waals surface area contributed by atoms with E-state index in [0.717, 1.165) is 22.5 Å². The van der Waals surface area contributed by atoms with E-state index >= 15 is 0 Å². The molecule has 0 aliphatic rings. The van der Waals surface area contributed by atoms with Gasteiger partial charge < -0.3 is 10.6 Å². The molecular weight excluding hydrogens is 354 g/mol. The maximum atomic E-state index is 12.2. The third-order valence-corrected chi connectivity index (χ3v) is 4.22. The minimum atomic E-state index is -0.489. The molecule has 0 radical (unpaired) electrons. The minimum Gasteiger partial charge on any atom is -0.336 e. The van der Waals surface area contributed by atoms with Gasteiger partial charge in [-0.15, -0.1) is 0 Å². The van der Waals surface area contributed by atoms with Crippen molar-refractivity contribution in [3.05, 3.63) is 54.0 Å². The molecule has 1 aromatic carbocycles. The predicted octanol–water partition coefficient (Wildman–Crippen LogP) is 2.96. The number of carbonyl (C=O) groups excluding carboxylic acids is 1. The van der Waals surface area contributed by atoms with Crippen molar-refractivity contribution < 1.29 is 4.79 Å². The number of nitrogens with zero attached hydrogens (tertiary/aromatic N) is 5. The van der Waals surface area contributed by atoms with Crippen molar-refractivity contribution in [2.75, 3.05) is 5.32 Å². The van der Waals surface area contributed by atoms with Crippen molar-refractivity contribution in [2.24, 2.45) is 7.05 Å². The Balaban J connectivity index is 1.80. The van der Waals surface area contributed by atoms with E-state index in [1.54, 1.807) is 29.2 Å². The lowest BCUT2D eigenvalue weighted by Gasteiger charge is -2.11. The number of aromatic nitrogens is 4. The van der Waals surface area contributed by atoms with Gasteiger partial charge in [0.1, 0.15) is 6.04 Å². The van der Waals surface area contributed by atoms with Crippen LogP contribution in [0.3, 0.4) is 0 Å². The molecule has 1 atom stereocenters. The zero-order valence-electron chi connectivity index (χ0n) is 16.0. The van der Waals surface area contributed by atoms with E-state index in [0.29, 0.717) is 17.9 Å². The van der Waals surface area contributed by atoms with Crippen LogP contribution in [0, 0.1) is 18.3 Å². The summed E-state index contributed by atoms with van der Waals surface area (Å²) in [5.74, 6) is 0.202. The second-order valence-corrected chi connectivity index (χ2v) is 6.39. The maximum absolute atomic E-state index is 12.2. The number of nitriles is 1. The number of amides is 1. The van der Waals surface area contributed by atoms with Crippen LogP contribution in [0.1, 0.15) is 29.3 Å². The fourth-order valence-corrected chi connectivity index (χ4v) is 2.66. The minimum absolute atomic E-state index is 0.265. The largest absolute Gasteiger partial charge is 0.336 e. The highest BCUT2D eigenvalue weighted by Gasteiger charge is 2.13. The summed E-state index contributed by atoms with van der Waals surface area (Å²) in [5, 5.41) is 18.9. The van der Waals surface area contributed by atoms with Gasteiger partial charge in [-0.2, -0.15) is 10.4 Å². The lowest BCUT2D eigenvalue weighted by atomic mass is 10.1. The van der Waals surface area contributed by atoms with Crippen molar-refractivity contribution >= 4 is 17.5 Å². The number of rotatable bonds is 6. The molecule has 142 valence electrons. The molecule has 0 aliphatic carbocycles. The van der Waals surface area contributed by atoms with Gasteiger partial charge in [0.25, 0.3) is 5.91 Å². The second kappa shape index (κ2) is 8.31. The smallest absolute Gasteiger partial charge is 0.252 e. The van der Waals surface area contributed by atoms with Crippen LogP contribution in [0.15, 0.2) is 42.9 Å². The standard InChI is InChI=1S/C20H21N7O/c1-4-16(9-21)24-19(28)15-7-5-14(6-8-15)18-13(2)10-22-20(26-18)25-17-11-23-27(3)12-17/h5-8,10-12,16H,4H2,1-3H3,(H,24,28)(H,22,25,26)/t16-/m0/s1. The highest BCUT2D eigenvalue weighted by atomic mass is 16.1. The third-order valence-electron chi connectivity index (χ3n) is 4.22. The summed E-state index contributed by atoms with van der Waals surface area (Å²) in [4.78, 5) is 21.1. The van der Waals surface area contributed by atoms with Gasteiger partial charge in [-0.25, -0.2) is 9.97 Å². The normalized spacial score (nSPS) is 11.5. The number of nitrogens with one attached hydrogen (secondary N) is 2. The number of benzene rings is 1. The first-order valence-electron chi connectivity index (χ1n) is 8.90. The van der Waals surface area contributed by atoms with Crippen LogP contribution in [0.5, 0.6) is 0 Å². The molecule has 0 unspecified atom stereocenters. The average Bonchev–Trinajstić information content (AvgIpc) is 3.12. The summed E-state index contributed by atoms with van der Waals surface area (Å²) in [6, 6.07) is 8.71. The Labute approximate surface area is 163 Å². The number of aryl methyl sites for hydroxylation is 2. The van der Waals surface area contributed by atoms with Crippen LogP contribution < -0.4 is 10.6 Å². The Morgan fingerprint density at radius 2 is 2.04 bits per heavy atom. The molecule has 28 heavy (non-hydrogen) atoms. The van der Waals surface area contributed by atoms with Gasteiger partial charge in [0.2, 0.25) is 5.95 Å². The van der Waals surface area contributed by atoms with Crippen LogP contribution in [0.4, 0.5) is 11.6 Å². The van der Waals surface area contributed by atoms with Crippen LogP contribution in [-0.4, -0.2) is 31.7 Å². The van der Waals surface area contributed by atoms with Crippen molar-refractivity contribution in [3.8, 4) is 17.3 Å². The summed E-state index contributed by atoms with van der Waals surface area (Å²) in [7, 11) is 1.84.